The van der Waals surface area contributed by atoms with Crippen LogP contribution in [0.1, 0.15) is 0 Å². The van der Waals surface area contributed by atoms with Gasteiger partial charge in [0.15, 0.2) is 17.5 Å². The van der Waals surface area contributed by atoms with E-state index >= 15 is 0 Å². The summed E-state index contributed by atoms with van der Waals surface area (Å²) in [6.45, 7) is 0. The largest absolute Gasteiger partial charge is 0.309 e. The van der Waals surface area contributed by atoms with E-state index in [9.17, 15) is 0 Å². The maximum atomic E-state index is 5.28. The number of aromatic nitrogens is 5. The maximum Gasteiger partial charge on any atom is 0.164 e. The van der Waals surface area contributed by atoms with Crippen LogP contribution in [-0.2, 0) is 0 Å². The third kappa shape index (κ3) is 5.78. The van der Waals surface area contributed by atoms with Gasteiger partial charge in [0.05, 0.1) is 22.2 Å². The minimum atomic E-state index is 0.633. The van der Waals surface area contributed by atoms with Crippen LogP contribution in [0.5, 0.6) is 0 Å². The molecule has 9 aromatic carbocycles. The highest BCUT2D eigenvalue weighted by molar-refractivity contribution is 6.22. The molecule has 0 saturated heterocycles. The van der Waals surface area contributed by atoms with Crippen LogP contribution in [0.4, 0.5) is 0 Å². The molecule has 0 fully saturated rings. The summed E-state index contributed by atoms with van der Waals surface area (Å²) < 4.78 is 2.45. The lowest BCUT2D eigenvalue weighted by atomic mass is 9.93. The monoisotopic (exact) mass is 777 g/mol. The van der Waals surface area contributed by atoms with E-state index in [0.29, 0.717) is 17.5 Å². The van der Waals surface area contributed by atoms with Gasteiger partial charge in [-0.2, -0.15) is 0 Å². The summed E-state index contributed by atoms with van der Waals surface area (Å²) in [6, 6.07) is 74.6. The van der Waals surface area contributed by atoms with E-state index in [-0.39, 0.29) is 0 Å². The first kappa shape index (κ1) is 34.7. The molecule has 5 nitrogen and oxygen atoms in total. The molecule has 0 bridgehead atoms. The molecule has 61 heavy (non-hydrogen) atoms. The van der Waals surface area contributed by atoms with Gasteiger partial charge in [0.1, 0.15) is 0 Å². The topological polar surface area (TPSA) is 56.5 Å². The first-order valence-corrected chi connectivity index (χ1v) is 20.6. The van der Waals surface area contributed by atoms with Crippen LogP contribution >= 0.6 is 0 Å². The van der Waals surface area contributed by atoms with Crippen LogP contribution in [0, 0.1) is 0 Å². The summed E-state index contributed by atoms with van der Waals surface area (Å²) in [5, 5.41) is 7.98. The molecule has 12 aromatic rings. The van der Waals surface area contributed by atoms with Crippen molar-refractivity contribution in [2.75, 3.05) is 0 Å². The van der Waals surface area contributed by atoms with Crippen molar-refractivity contribution in [2.45, 2.75) is 0 Å². The maximum absolute atomic E-state index is 5.28. The Hall–Kier alpha value is -8.28. The van der Waals surface area contributed by atoms with Crippen LogP contribution in [0.2, 0.25) is 0 Å². The third-order valence-electron chi connectivity index (χ3n) is 11.8. The Kier molecular flexibility index (Phi) is 8.10. The molecule has 284 valence electrons. The number of hydrogen-bond acceptors (Lipinski definition) is 4. The van der Waals surface area contributed by atoms with Crippen molar-refractivity contribution >= 4 is 54.3 Å². The van der Waals surface area contributed by atoms with Crippen LogP contribution in [-0.4, -0.2) is 24.5 Å². The highest BCUT2D eigenvalue weighted by atomic mass is 15.0. The lowest BCUT2D eigenvalue weighted by molar-refractivity contribution is 1.08. The molecule has 5 heteroatoms. The van der Waals surface area contributed by atoms with Gasteiger partial charge >= 0.3 is 0 Å². The van der Waals surface area contributed by atoms with Gasteiger partial charge in [-0.3, -0.25) is 0 Å². The first-order chi connectivity index (χ1) is 30.3. The zero-order valence-corrected chi connectivity index (χ0v) is 32.9. The van der Waals surface area contributed by atoms with Gasteiger partial charge in [-0.05, 0) is 58.1 Å². The fourth-order valence-corrected chi connectivity index (χ4v) is 9.05. The Balaban J connectivity index is 1.14. The summed E-state index contributed by atoms with van der Waals surface area (Å²) in [4.78, 5) is 20.5. The van der Waals surface area contributed by atoms with Gasteiger partial charge in [0.2, 0.25) is 0 Å². The first-order valence-electron chi connectivity index (χ1n) is 20.6. The summed E-state index contributed by atoms with van der Waals surface area (Å²) in [7, 11) is 0. The van der Waals surface area contributed by atoms with Crippen molar-refractivity contribution in [1.82, 2.24) is 24.5 Å². The molecular formula is C56H35N5. The molecule has 3 heterocycles. The van der Waals surface area contributed by atoms with Crippen molar-refractivity contribution < 1.29 is 0 Å². The lowest BCUT2D eigenvalue weighted by Gasteiger charge is -2.15. The van der Waals surface area contributed by atoms with Crippen molar-refractivity contribution in [2.24, 2.45) is 0 Å². The molecule has 0 unspecified atom stereocenters. The molecule has 3 aromatic heterocycles. The molecular weight excluding hydrogens is 743 g/mol. The number of fused-ring (bicyclic) bond motifs is 7. The van der Waals surface area contributed by atoms with Gasteiger partial charge in [0, 0.05) is 55.0 Å². The second-order valence-electron chi connectivity index (χ2n) is 15.4. The quantitative estimate of drug-likeness (QED) is 0.158. The molecule has 0 radical (unpaired) electrons. The van der Waals surface area contributed by atoms with Crippen molar-refractivity contribution in [3.05, 3.63) is 212 Å². The van der Waals surface area contributed by atoms with Crippen molar-refractivity contribution in [3.63, 3.8) is 0 Å². The standard InChI is InChI=1S/C56H35N5/c1-5-18-36(19-6-1)52-49-34-48-45-30-17-29-44(53(45)61(39-24-11-4-12-25-39)51(48)35-47(49)43-28-15-16-31-50(43)57-52)42-32-33-46(41-27-14-13-26-40(41)42)56-59-54(37-20-7-2-8-21-37)58-55(60-56)38-22-9-3-10-23-38/h1-35H. The molecule has 0 saturated carbocycles. The van der Waals surface area contributed by atoms with Gasteiger partial charge in [0.25, 0.3) is 0 Å². The van der Waals surface area contributed by atoms with Gasteiger partial charge in [-0.1, -0.05) is 176 Å². The highest BCUT2D eigenvalue weighted by Crippen LogP contribution is 2.44. The SMILES string of the molecule is c1ccc(-c2nc(-c3ccccc3)nc(-c3ccc(-c4cccc5c6cc7c(-c8ccccc8)nc8ccccc8c7cc6n(-c6ccccc6)c45)c4ccccc34)n2)cc1. The van der Waals surface area contributed by atoms with Crippen LogP contribution in [0.15, 0.2) is 212 Å². The van der Waals surface area contributed by atoms with E-state index in [0.717, 1.165) is 82.9 Å². The molecule has 0 amide bonds. The number of rotatable bonds is 6. The molecule has 0 aliphatic rings. The third-order valence-corrected chi connectivity index (χ3v) is 11.8. The fraction of sp³-hybridized carbons (Fsp3) is 0. The predicted octanol–water partition coefficient (Wildman–Crippen LogP) is 14.2. The van der Waals surface area contributed by atoms with E-state index in [1.807, 2.05) is 60.7 Å². The van der Waals surface area contributed by atoms with Crippen LogP contribution in [0.25, 0.3) is 116 Å². The average molecular weight is 778 g/mol. The number of hydrogen-bond donors (Lipinski definition) is 0. The minimum absolute atomic E-state index is 0.633. The minimum Gasteiger partial charge on any atom is -0.309 e. The Morgan fingerprint density at radius 2 is 0.820 bits per heavy atom. The highest BCUT2D eigenvalue weighted by Gasteiger charge is 2.22. The second-order valence-corrected chi connectivity index (χ2v) is 15.4. The summed E-state index contributed by atoms with van der Waals surface area (Å²) >= 11 is 0. The van der Waals surface area contributed by atoms with E-state index in [1.54, 1.807) is 0 Å². The molecule has 12 rings (SSSR count). The number of pyridine rings is 1. The van der Waals surface area contributed by atoms with Gasteiger partial charge < -0.3 is 4.57 Å². The normalized spacial score (nSPS) is 11.6. The van der Waals surface area contributed by atoms with E-state index in [1.165, 1.54) is 16.2 Å². The molecule has 0 aliphatic heterocycles. The second kappa shape index (κ2) is 14.2. The average Bonchev–Trinajstić information content (AvgIpc) is 3.67. The van der Waals surface area contributed by atoms with Gasteiger partial charge in [-0.15, -0.1) is 0 Å². The van der Waals surface area contributed by atoms with E-state index < -0.39 is 0 Å². The fourth-order valence-electron chi connectivity index (χ4n) is 9.05. The predicted molar refractivity (Wildman–Crippen MR) is 252 cm³/mol. The molecule has 0 N–H and O–H groups in total. The zero-order valence-electron chi connectivity index (χ0n) is 32.9. The van der Waals surface area contributed by atoms with E-state index in [4.69, 9.17) is 19.9 Å². The number of nitrogens with zero attached hydrogens (tertiary/aromatic N) is 5. The zero-order chi connectivity index (χ0) is 40.3. The summed E-state index contributed by atoms with van der Waals surface area (Å²) in [6.07, 6.45) is 0. The Morgan fingerprint density at radius 3 is 1.49 bits per heavy atom. The molecule has 0 aliphatic carbocycles. The van der Waals surface area contributed by atoms with Gasteiger partial charge in [-0.25, -0.2) is 19.9 Å². The Bertz CT molecular complexity index is 3560. The van der Waals surface area contributed by atoms with Crippen LogP contribution in [0.3, 0.4) is 0 Å². The van der Waals surface area contributed by atoms with Crippen molar-refractivity contribution in [3.8, 4) is 62.2 Å². The van der Waals surface area contributed by atoms with Crippen molar-refractivity contribution in [1.29, 1.82) is 0 Å². The van der Waals surface area contributed by atoms with Crippen LogP contribution < -0.4 is 0 Å². The number of benzene rings is 9. The molecule has 0 spiro atoms. The molecule has 0 atom stereocenters. The Morgan fingerprint density at radius 1 is 0.295 bits per heavy atom. The summed E-state index contributed by atoms with van der Waals surface area (Å²) in [5.41, 5.74) is 11.6. The smallest absolute Gasteiger partial charge is 0.164 e. The lowest BCUT2D eigenvalue weighted by Crippen LogP contribution is -2.01. The Labute approximate surface area is 351 Å². The van der Waals surface area contributed by atoms with E-state index in [2.05, 4.69) is 156 Å². The summed E-state index contributed by atoms with van der Waals surface area (Å²) in [5.74, 6) is 1.91. The number of para-hydroxylation sites is 3.